The van der Waals surface area contributed by atoms with E-state index in [1.54, 1.807) is 24.5 Å². The Kier molecular flexibility index (Phi) is 5.76. The van der Waals surface area contributed by atoms with Crippen molar-refractivity contribution in [2.24, 2.45) is 5.73 Å². The molecule has 1 aromatic heterocycles. The van der Waals surface area contributed by atoms with Crippen LogP contribution in [0.2, 0.25) is 5.02 Å². The van der Waals surface area contributed by atoms with Crippen molar-refractivity contribution in [3.8, 4) is 11.1 Å². The molecule has 0 bridgehead atoms. The van der Waals surface area contributed by atoms with Crippen LogP contribution in [0.4, 0.5) is 23.7 Å². The van der Waals surface area contributed by atoms with Crippen molar-refractivity contribution in [2.45, 2.75) is 12.7 Å². The molecule has 0 unspecified atom stereocenters. The molecular weight excluding hydrogens is 439 g/mol. The minimum atomic E-state index is -4.65. The maximum Gasteiger partial charge on any atom is 0.417 e. The van der Waals surface area contributed by atoms with Crippen molar-refractivity contribution in [2.75, 3.05) is 4.90 Å². The molecule has 2 N–H and O–H groups in total. The fourth-order valence-electron chi connectivity index (χ4n) is 3.51. The van der Waals surface area contributed by atoms with Crippen molar-refractivity contribution in [1.29, 1.82) is 0 Å². The van der Waals surface area contributed by atoms with Gasteiger partial charge in [0.15, 0.2) is 0 Å². The third-order valence-electron chi connectivity index (χ3n) is 5.11. The van der Waals surface area contributed by atoms with E-state index in [0.717, 1.165) is 38.9 Å². The van der Waals surface area contributed by atoms with Crippen LogP contribution < -0.4 is 10.6 Å². The number of amides is 2. The second-order valence-electron chi connectivity index (χ2n) is 7.19. The summed E-state index contributed by atoms with van der Waals surface area (Å²) in [5, 5.41) is 1.62. The molecule has 0 saturated heterocycles. The van der Waals surface area contributed by atoms with E-state index >= 15 is 0 Å². The molecule has 4 aromatic rings. The molecule has 0 aliphatic carbocycles. The summed E-state index contributed by atoms with van der Waals surface area (Å²) in [5.74, 6) is 0. The average Bonchev–Trinajstić information content (AvgIpc) is 2.77. The number of aromatic nitrogens is 1. The number of nitrogens with zero attached hydrogens (tertiary/aromatic N) is 2. The normalized spacial score (nSPS) is 11.5. The molecule has 8 heteroatoms. The van der Waals surface area contributed by atoms with Gasteiger partial charge in [0, 0.05) is 29.0 Å². The van der Waals surface area contributed by atoms with E-state index < -0.39 is 22.8 Å². The maximum atomic E-state index is 13.2. The number of hydrogen-bond donors (Lipinski definition) is 1. The molecule has 32 heavy (non-hydrogen) atoms. The Bertz CT molecular complexity index is 1280. The van der Waals surface area contributed by atoms with Crippen molar-refractivity contribution < 1.29 is 18.0 Å². The molecule has 162 valence electrons. The van der Waals surface area contributed by atoms with Crippen LogP contribution in [0.15, 0.2) is 79.1 Å². The third kappa shape index (κ3) is 4.38. The smallest absolute Gasteiger partial charge is 0.351 e. The molecule has 3 aromatic carbocycles. The van der Waals surface area contributed by atoms with Crippen LogP contribution in [-0.4, -0.2) is 11.0 Å². The predicted octanol–water partition coefficient (Wildman–Crippen LogP) is 6.66. The van der Waals surface area contributed by atoms with Crippen LogP contribution >= 0.6 is 11.6 Å². The van der Waals surface area contributed by atoms with Gasteiger partial charge < -0.3 is 5.73 Å². The number of primary amides is 1. The zero-order valence-corrected chi connectivity index (χ0v) is 17.4. The second-order valence-corrected chi connectivity index (χ2v) is 7.60. The van der Waals surface area contributed by atoms with E-state index in [0.29, 0.717) is 5.56 Å². The highest BCUT2D eigenvalue weighted by atomic mass is 35.5. The van der Waals surface area contributed by atoms with Gasteiger partial charge >= 0.3 is 12.2 Å². The zero-order chi connectivity index (χ0) is 22.9. The molecule has 4 nitrogen and oxygen atoms in total. The lowest BCUT2D eigenvalue weighted by molar-refractivity contribution is -0.137. The number of benzene rings is 3. The van der Waals surface area contributed by atoms with Crippen molar-refractivity contribution in [3.63, 3.8) is 0 Å². The SMILES string of the molecule is NC(=O)N(Cc1ccc(-c2cncc3ccccc23)cc1)c1ccc(Cl)c(C(F)(F)F)c1. The predicted molar refractivity (Wildman–Crippen MR) is 119 cm³/mol. The summed E-state index contributed by atoms with van der Waals surface area (Å²) >= 11 is 5.68. The summed E-state index contributed by atoms with van der Waals surface area (Å²) in [6.45, 7) is 0.00231. The molecular formula is C24H17ClF3N3O. The Balaban J connectivity index is 1.64. The lowest BCUT2D eigenvalue weighted by Gasteiger charge is -2.22. The number of rotatable bonds is 4. The number of carbonyl (C=O) groups excluding carboxylic acids is 1. The largest absolute Gasteiger partial charge is 0.417 e. The Morgan fingerprint density at radius 1 is 1.00 bits per heavy atom. The molecule has 0 aliphatic rings. The summed E-state index contributed by atoms with van der Waals surface area (Å²) in [7, 11) is 0. The number of alkyl halides is 3. The molecule has 0 spiro atoms. The van der Waals surface area contributed by atoms with Crippen LogP contribution in [-0.2, 0) is 12.7 Å². The lowest BCUT2D eigenvalue weighted by atomic mass is 10.00. The Morgan fingerprint density at radius 3 is 2.41 bits per heavy atom. The van der Waals surface area contributed by atoms with Gasteiger partial charge in [-0.3, -0.25) is 9.88 Å². The first-order chi connectivity index (χ1) is 15.2. The summed E-state index contributed by atoms with van der Waals surface area (Å²) in [6.07, 6.45) is -1.08. The highest BCUT2D eigenvalue weighted by Crippen LogP contribution is 2.37. The minimum Gasteiger partial charge on any atom is -0.351 e. The number of anilines is 1. The highest BCUT2D eigenvalue weighted by Gasteiger charge is 2.34. The summed E-state index contributed by atoms with van der Waals surface area (Å²) in [6, 6.07) is 17.6. The summed E-state index contributed by atoms with van der Waals surface area (Å²) < 4.78 is 39.6. The number of halogens is 4. The van der Waals surface area contributed by atoms with Gasteiger partial charge in [0.1, 0.15) is 0 Å². The number of hydrogen-bond acceptors (Lipinski definition) is 2. The third-order valence-corrected chi connectivity index (χ3v) is 5.44. The van der Waals surface area contributed by atoms with E-state index in [1.165, 1.54) is 6.07 Å². The minimum absolute atomic E-state index is 0.00231. The monoisotopic (exact) mass is 455 g/mol. The fourth-order valence-corrected chi connectivity index (χ4v) is 3.74. The molecule has 0 radical (unpaired) electrons. The number of fused-ring (bicyclic) bond motifs is 1. The van der Waals surface area contributed by atoms with Crippen molar-refractivity contribution in [3.05, 3.63) is 95.3 Å². The van der Waals surface area contributed by atoms with E-state index in [-0.39, 0.29) is 12.2 Å². The van der Waals surface area contributed by atoms with Gasteiger partial charge in [0.05, 0.1) is 17.1 Å². The van der Waals surface area contributed by atoms with E-state index in [1.807, 2.05) is 36.4 Å². The summed E-state index contributed by atoms with van der Waals surface area (Å²) in [4.78, 5) is 17.4. The first-order valence-corrected chi connectivity index (χ1v) is 9.97. The number of pyridine rings is 1. The van der Waals surface area contributed by atoms with Crippen molar-refractivity contribution >= 4 is 34.1 Å². The summed E-state index contributed by atoms with van der Waals surface area (Å²) in [5.41, 5.74) is 7.02. The first kappa shape index (κ1) is 21.6. The second kappa shape index (κ2) is 8.51. The maximum absolute atomic E-state index is 13.2. The molecule has 2 amide bonds. The van der Waals surface area contributed by atoms with Crippen LogP contribution in [0, 0.1) is 0 Å². The Morgan fingerprint density at radius 2 is 1.72 bits per heavy atom. The molecule has 0 aliphatic heterocycles. The van der Waals surface area contributed by atoms with E-state index in [9.17, 15) is 18.0 Å². The van der Waals surface area contributed by atoms with Crippen LogP contribution in [0.3, 0.4) is 0 Å². The molecule has 0 saturated carbocycles. The van der Waals surface area contributed by atoms with Gasteiger partial charge in [-0.1, -0.05) is 60.1 Å². The Hall–Kier alpha value is -3.58. The topological polar surface area (TPSA) is 59.2 Å². The van der Waals surface area contributed by atoms with Crippen LogP contribution in [0.1, 0.15) is 11.1 Å². The van der Waals surface area contributed by atoms with Gasteiger partial charge in [0.2, 0.25) is 0 Å². The van der Waals surface area contributed by atoms with Crippen LogP contribution in [0.5, 0.6) is 0 Å². The quantitative estimate of drug-likeness (QED) is 0.374. The van der Waals surface area contributed by atoms with Crippen molar-refractivity contribution in [1.82, 2.24) is 4.98 Å². The first-order valence-electron chi connectivity index (χ1n) is 9.60. The molecule has 4 rings (SSSR count). The van der Waals surface area contributed by atoms with E-state index in [2.05, 4.69) is 4.98 Å². The van der Waals surface area contributed by atoms with Gasteiger partial charge in [-0.2, -0.15) is 13.2 Å². The standard InChI is InChI=1S/C24H17ClF3N3O/c25-22-10-9-18(11-21(22)24(26,27)28)31(23(29)32)14-15-5-7-16(8-6-15)20-13-30-12-17-3-1-2-4-19(17)20/h1-13H,14H2,(H2,29,32). The molecule has 1 heterocycles. The number of nitrogens with two attached hydrogens (primary N) is 1. The van der Waals surface area contributed by atoms with Gasteiger partial charge in [-0.25, -0.2) is 4.79 Å². The van der Waals surface area contributed by atoms with E-state index in [4.69, 9.17) is 17.3 Å². The lowest BCUT2D eigenvalue weighted by Crippen LogP contribution is -2.35. The highest BCUT2D eigenvalue weighted by molar-refractivity contribution is 6.31. The number of urea groups is 1. The van der Waals surface area contributed by atoms with Crippen LogP contribution in [0.25, 0.3) is 21.9 Å². The number of carbonyl (C=O) groups is 1. The fraction of sp³-hybridized carbons (Fsp3) is 0.0833. The molecule has 0 atom stereocenters. The average molecular weight is 456 g/mol. The van der Waals surface area contributed by atoms with Gasteiger partial charge in [-0.05, 0) is 34.7 Å². The van der Waals surface area contributed by atoms with Gasteiger partial charge in [-0.15, -0.1) is 0 Å². The Labute approximate surface area is 187 Å². The van der Waals surface area contributed by atoms with Gasteiger partial charge in [0.25, 0.3) is 0 Å². The zero-order valence-electron chi connectivity index (χ0n) is 16.6. The molecule has 0 fully saturated rings.